The fourth-order valence-corrected chi connectivity index (χ4v) is 3.61. The summed E-state index contributed by atoms with van der Waals surface area (Å²) in [6.07, 6.45) is 1.47. The lowest BCUT2D eigenvalue weighted by atomic mass is 10.2. The van der Waals surface area contributed by atoms with Gasteiger partial charge in [0.1, 0.15) is 0 Å². The number of nitrogens with zero attached hydrogens (tertiary/aromatic N) is 2. The second kappa shape index (κ2) is 9.56. The molecule has 160 valence electrons. The average molecular weight is 478 g/mol. The van der Waals surface area contributed by atoms with Crippen molar-refractivity contribution >= 4 is 58.5 Å². The van der Waals surface area contributed by atoms with Crippen LogP contribution in [0.2, 0.25) is 15.1 Å². The van der Waals surface area contributed by atoms with Crippen LogP contribution < -0.4 is 10.7 Å². The van der Waals surface area contributed by atoms with Crippen molar-refractivity contribution in [1.82, 2.24) is 9.99 Å². The molecule has 1 aromatic heterocycles. The molecule has 2 aromatic carbocycles. The number of benzene rings is 2. The van der Waals surface area contributed by atoms with E-state index in [9.17, 15) is 9.59 Å². The minimum absolute atomic E-state index is 0.453. The van der Waals surface area contributed by atoms with Gasteiger partial charge in [0.2, 0.25) is 0 Å². The standard InChI is InChI=1S/C22H19Cl3N4O2/c1-12-4-5-16(23)9-19(12)27-21(30)22(31)28-26-11-15-8-13(2)29(14(15)3)20-10-17(24)6-7-18(20)25/h4-11H,1-3H3,(H,27,30)(H,28,31)/b26-11-. The van der Waals surface area contributed by atoms with Crippen molar-refractivity contribution in [2.75, 3.05) is 5.32 Å². The Morgan fingerprint density at radius 1 is 0.935 bits per heavy atom. The van der Waals surface area contributed by atoms with Crippen LogP contribution in [0.5, 0.6) is 0 Å². The number of aryl methyl sites for hydroxylation is 2. The van der Waals surface area contributed by atoms with Gasteiger partial charge in [-0.2, -0.15) is 5.10 Å². The van der Waals surface area contributed by atoms with Gasteiger partial charge >= 0.3 is 11.8 Å². The van der Waals surface area contributed by atoms with Gasteiger partial charge in [0.15, 0.2) is 0 Å². The summed E-state index contributed by atoms with van der Waals surface area (Å²) in [7, 11) is 0. The number of rotatable bonds is 4. The molecule has 3 rings (SSSR count). The van der Waals surface area contributed by atoms with E-state index in [0.29, 0.717) is 20.8 Å². The first-order valence-electron chi connectivity index (χ1n) is 9.22. The summed E-state index contributed by atoms with van der Waals surface area (Å²) in [6, 6.07) is 12.1. The Balaban J connectivity index is 1.72. The van der Waals surface area contributed by atoms with E-state index in [4.69, 9.17) is 34.8 Å². The van der Waals surface area contributed by atoms with Gasteiger partial charge < -0.3 is 9.88 Å². The number of hydrogen-bond acceptors (Lipinski definition) is 3. The summed E-state index contributed by atoms with van der Waals surface area (Å²) < 4.78 is 1.94. The summed E-state index contributed by atoms with van der Waals surface area (Å²) in [5.41, 5.74) is 6.71. The highest BCUT2D eigenvalue weighted by Gasteiger charge is 2.15. The van der Waals surface area contributed by atoms with Gasteiger partial charge in [-0.1, -0.05) is 40.9 Å². The molecule has 3 aromatic rings. The van der Waals surface area contributed by atoms with E-state index in [0.717, 1.165) is 28.2 Å². The normalized spacial score (nSPS) is 11.0. The summed E-state index contributed by atoms with van der Waals surface area (Å²) in [6.45, 7) is 5.60. The quantitative estimate of drug-likeness (QED) is 0.298. The molecule has 0 atom stereocenters. The highest BCUT2D eigenvalue weighted by atomic mass is 35.5. The zero-order chi connectivity index (χ0) is 22.7. The first-order valence-corrected chi connectivity index (χ1v) is 10.4. The van der Waals surface area contributed by atoms with Gasteiger partial charge in [-0.25, -0.2) is 5.43 Å². The zero-order valence-electron chi connectivity index (χ0n) is 17.0. The average Bonchev–Trinajstić information content (AvgIpc) is 2.99. The number of carbonyl (C=O) groups is 2. The van der Waals surface area contributed by atoms with E-state index < -0.39 is 11.8 Å². The Morgan fingerprint density at radius 3 is 2.35 bits per heavy atom. The van der Waals surface area contributed by atoms with E-state index in [2.05, 4.69) is 15.8 Å². The monoisotopic (exact) mass is 476 g/mol. The van der Waals surface area contributed by atoms with Crippen LogP contribution in [0.3, 0.4) is 0 Å². The van der Waals surface area contributed by atoms with Gasteiger partial charge in [0.05, 0.1) is 16.9 Å². The smallest absolute Gasteiger partial charge is 0.317 e. The number of amides is 2. The number of anilines is 1. The van der Waals surface area contributed by atoms with E-state index >= 15 is 0 Å². The molecule has 0 bridgehead atoms. The zero-order valence-corrected chi connectivity index (χ0v) is 19.2. The van der Waals surface area contributed by atoms with E-state index in [1.165, 1.54) is 6.21 Å². The van der Waals surface area contributed by atoms with Crippen LogP contribution >= 0.6 is 34.8 Å². The Labute approximate surface area is 194 Å². The highest BCUT2D eigenvalue weighted by molar-refractivity contribution is 6.40. The largest absolute Gasteiger partial charge is 0.329 e. The van der Waals surface area contributed by atoms with Crippen molar-refractivity contribution in [1.29, 1.82) is 0 Å². The Morgan fingerprint density at radius 2 is 1.61 bits per heavy atom. The minimum Gasteiger partial charge on any atom is -0.317 e. The second-order valence-electron chi connectivity index (χ2n) is 6.87. The van der Waals surface area contributed by atoms with Crippen LogP contribution in [0.25, 0.3) is 5.69 Å². The fourth-order valence-electron chi connectivity index (χ4n) is 3.07. The van der Waals surface area contributed by atoms with Gasteiger partial charge in [-0.15, -0.1) is 0 Å². The number of hydrazone groups is 1. The molecule has 0 saturated heterocycles. The number of carbonyl (C=O) groups excluding carboxylic acids is 2. The van der Waals surface area contributed by atoms with Crippen LogP contribution in [0.4, 0.5) is 5.69 Å². The first kappa shape index (κ1) is 22.9. The topological polar surface area (TPSA) is 75.5 Å². The fraction of sp³-hybridized carbons (Fsp3) is 0.136. The lowest BCUT2D eigenvalue weighted by Gasteiger charge is -2.12. The lowest BCUT2D eigenvalue weighted by molar-refractivity contribution is -0.136. The number of halogens is 3. The van der Waals surface area contributed by atoms with Crippen molar-refractivity contribution in [3.8, 4) is 5.69 Å². The molecule has 0 radical (unpaired) electrons. The maximum atomic E-state index is 12.1. The molecule has 0 spiro atoms. The molecule has 0 fully saturated rings. The molecule has 0 saturated carbocycles. The van der Waals surface area contributed by atoms with Crippen LogP contribution in [-0.2, 0) is 9.59 Å². The third kappa shape index (κ3) is 5.28. The molecular weight excluding hydrogens is 459 g/mol. The predicted octanol–water partition coefficient (Wildman–Crippen LogP) is 5.45. The minimum atomic E-state index is -0.901. The van der Waals surface area contributed by atoms with Crippen molar-refractivity contribution in [3.63, 3.8) is 0 Å². The Bertz CT molecular complexity index is 1200. The second-order valence-corrected chi connectivity index (χ2v) is 8.15. The van der Waals surface area contributed by atoms with Crippen molar-refractivity contribution in [3.05, 3.63) is 80.0 Å². The lowest BCUT2D eigenvalue weighted by Crippen LogP contribution is -2.32. The molecule has 9 heteroatoms. The molecule has 0 aliphatic carbocycles. The SMILES string of the molecule is Cc1ccc(Cl)cc1NC(=O)C(=O)N/N=C\c1cc(C)n(-c2cc(Cl)ccc2Cl)c1C. The van der Waals surface area contributed by atoms with Gasteiger partial charge in [0.25, 0.3) is 0 Å². The molecule has 1 heterocycles. The Hall–Kier alpha value is -2.80. The summed E-state index contributed by atoms with van der Waals surface area (Å²) in [5, 5.41) is 8.00. The third-order valence-electron chi connectivity index (χ3n) is 4.64. The van der Waals surface area contributed by atoms with Crippen molar-refractivity contribution in [2.45, 2.75) is 20.8 Å². The number of aromatic nitrogens is 1. The first-order chi connectivity index (χ1) is 14.7. The molecule has 0 aliphatic heterocycles. The van der Waals surface area contributed by atoms with Crippen LogP contribution in [0.15, 0.2) is 47.6 Å². The van der Waals surface area contributed by atoms with Crippen LogP contribution in [-0.4, -0.2) is 22.6 Å². The van der Waals surface area contributed by atoms with Gasteiger partial charge in [0, 0.05) is 32.7 Å². The van der Waals surface area contributed by atoms with Gasteiger partial charge in [-0.05, 0) is 62.7 Å². The molecule has 6 nitrogen and oxygen atoms in total. The molecule has 2 amide bonds. The predicted molar refractivity (Wildman–Crippen MR) is 126 cm³/mol. The third-order valence-corrected chi connectivity index (χ3v) is 5.43. The maximum Gasteiger partial charge on any atom is 0.329 e. The summed E-state index contributed by atoms with van der Waals surface area (Å²) in [5.74, 6) is -1.75. The number of hydrogen-bond donors (Lipinski definition) is 2. The molecule has 0 unspecified atom stereocenters. The van der Waals surface area contributed by atoms with Gasteiger partial charge in [-0.3, -0.25) is 9.59 Å². The number of nitrogens with one attached hydrogen (secondary N) is 2. The maximum absolute atomic E-state index is 12.1. The van der Waals surface area contributed by atoms with E-state index in [1.807, 2.05) is 24.5 Å². The van der Waals surface area contributed by atoms with Crippen molar-refractivity contribution in [2.24, 2.45) is 5.10 Å². The van der Waals surface area contributed by atoms with E-state index in [-0.39, 0.29) is 0 Å². The van der Waals surface area contributed by atoms with E-state index in [1.54, 1.807) is 43.3 Å². The van der Waals surface area contributed by atoms with Crippen molar-refractivity contribution < 1.29 is 9.59 Å². The molecular formula is C22H19Cl3N4O2. The highest BCUT2D eigenvalue weighted by Crippen LogP contribution is 2.28. The Kier molecular flexibility index (Phi) is 7.05. The molecule has 2 N–H and O–H groups in total. The molecule has 0 aliphatic rings. The van der Waals surface area contributed by atoms with Crippen LogP contribution in [0, 0.1) is 20.8 Å². The van der Waals surface area contributed by atoms with Crippen LogP contribution in [0.1, 0.15) is 22.5 Å². The molecule has 31 heavy (non-hydrogen) atoms. The summed E-state index contributed by atoms with van der Waals surface area (Å²) >= 11 is 18.4. The summed E-state index contributed by atoms with van der Waals surface area (Å²) in [4.78, 5) is 24.2.